The molecule has 1 aliphatic carbocycles. The zero-order valence-corrected chi connectivity index (χ0v) is 13.7. The van der Waals surface area contributed by atoms with E-state index < -0.39 is 42.2 Å². The van der Waals surface area contributed by atoms with Crippen molar-refractivity contribution in [1.82, 2.24) is 5.32 Å². The number of benzene rings is 1. The number of fused-ring (bicyclic) bond motifs is 1. The van der Waals surface area contributed by atoms with Crippen LogP contribution < -0.4 is 15.8 Å². The summed E-state index contributed by atoms with van der Waals surface area (Å²) in [6.45, 7) is -0.239. The van der Waals surface area contributed by atoms with Crippen LogP contribution in [-0.2, 0) is 4.79 Å². The van der Waals surface area contributed by atoms with Crippen LogP contribution in [0.2, 0.25) is 0 Å². The van der Waals surface area contributed by atoms with Gasteiger partial charge >= 0.3 is 0 Å². The second kappa shape index (κ2) is 7.28. The minimum absolute atomic E-state index is 0.0869. The number of carbonyl (C=O) groups excluding carboxylic acids is 2. The van der Waals surface area contributed by atoms with Crippen molar-refractivity contribution in [3.05, 3.63) is 29.5 Å². The Morgan fingerprint density at radius 3 is 2.69 bits per heavy atom. The molecule has 140 valence electrons. The van der Waals surface area contributed by atoms with Crippen LogP contribution in [0.15, 0.2) is 22.6 Å². The summed E-state index contributed by atoms with van der Waals surface area (Å²) in [6, 6.07) is 3.07. The van der Waals surface area contributed by atoms with Crippen molar-refractivity contribution in [2.24, 2.45) is 11.7 Å². The summed E-state index contributed by atoms with van der Waals surface area (Å²) in [6.07, 6.45) is -0.861. The number of furan rings is 1. The fourth-order valence-electron chi connectivity index (χ4n) is 2.51. The van der Waals surface area contributed by atoms with E-state index in [1.54, 1.807) is 6.07 Å². The molecule has 0 radical (unpaired) electrons. The maximum absolute atomic E-state index is 13.3. The van der Waals surface area contributed by atoms with Crippen molar-refractivity contribution in [3.63, 3.8) is 0 Å². The molecule has 1 aromatic heterocycles. The Morgan fingerprint density at radius 1 is 1.38 bits per heavy atom. The van der Waals surface area contributed by atoms with Gasteiger partial charge < -0.3 is 25.3 Å². The Balaban J connectivity index is 1.96. The average molecular weight is 368 g/mol. The van der Waals surface area contributed by atoms with Gasteiger partial charge in [0.2, 0.25) is 5.91 Å². The molecule has 1 fully saturated rings. The topological polar surface area (TPSA) is 115 Å². The first-order valence-corrected chi connectivity index (χ1v) is 8.09. The monoisotopic (exact) mass is 368 g/mol. The van der Waals surface area contributed by atoms with Gasteiger partial charge in [-0.3, -0.25) is 9.59 Å². The summed E-state index contributed by atoms with van der Waals surface area (Å²) in [7, 11) is 0. The predicted octanol–water partition coefficient (Wildman–Crippen LogP) is 1.74. The van der Waals surface area contributed by atoms with Crippen molar-refractivity contribution < 1.29 is 32.6 Å². The van der Waals surface area contributed by atoms with E-state index in [0.717, 1.165) is 12.8 Å². The van der Waals surface area contributed by atoms with Gasteiger partial charge in [0.05, 0.1) is 18.8 Å². The first-order valence-electron chi connectivity index (χ1n) is 8.09. The zero-order chi connectivity index (χ0) is 18.8. The molecule has 0 bridgehead atoms. The number of ether oxygens (including phenoxy) is 1. The van der Waals surface area contributed by atoms with Gasteiger partial charge in [-0.05, 0) is 37.0 Å². The molecule has 0 spiro atoms. The van der Waals surface area contributed by atoms with Crippen molar-refractivity contribution in [3.8, 4) is 5.75 Å². The highest BCUT2D eigenvalue weighted by molar-refractivity contribution is 6.08. The van der Waals surface area contributed by atoms with E-state index in [1.165, 1.54) is 12.1 Å². The number of primary amides is 1. The number of halogens is 2. The normalized spacial score (nSPS) is 15.2. The molecule has 7 nitrogen and oxygen atoms in total. The lowest BCUT2D eigenvalue weighted by atomic mass is 10.1. The number of carbonyl (C=O) groups is 2. The number of nitrogens with one attached hydrogen (secondary N) is 1. The highest BCUT2D eigenvalue weighted by atomic mass is 19.3. The van der Waals surface area contributed by atoms with Crippen molar-refractivity contribution in [2.75, 3.05) is 13.2 Å². The predicted molar refractivity (Wildman–Crippen MR) is 86.9 cm³/mol. The van der Waals surface area contributed by atoms with Crippen LogP contribution in [-0.4, -0.2) is 36.2 Å². The molecule has 1 aromatic carbocycles. The molecule has 1 atom stereocenters. The van der Waals surface area contributed by atoms with Crippen LogP contribution in [0, 0.1) is 5.92 Å². The Labute approximate surface area is 147 Å². The second-order valence-corrected chi connectivity index (χ2v) is 6.17. The van der Waals surface area contributed by atoms with Crippen molar-refractivity contribution >= 4 is 22.8 Å². The van der Waals surface area contributed by atoms with E-state index >= 15 is 0 Å². The number of amides is 2. The molecule has 2 aromatic rings. The molecule has 0 unspecified atom stereocenters. The Bertz CT molecular complexity index is 832. The maximum Gasteiger partial charge on any atom is 0.296 e. The highest BCUT2D eigenvalue weighted by Crippen LogP contribution is 2.35. The summed E-state index contributed by atoms with van der Waals surface area (Å²) in [4.78, 5) is 23.6. The molecule has 3 rings (SSSR count). The largest absolute Gasteiger partial charge is 0.493 e. The third-order valence-electron chi connectivity index (χ3n) is 4.13. The van der Waals surface area contributed by atoms with Gasteiger partial charge in [-0.15, -0.1) is 0 Å². The first kappa shape index (κ1) is 18.1. The van der Waals surface area contributed by atoms with E-state index in [9.17, 15) is 18.4 Å². The van der Waals surface area contributed by atoms with E-state index in [2.05, 4.69) is 5.32 Å². The third kappa shape index (κ3) is 3.77. The number of hydrogen-bond acceptors (Lipinski definition) is 5. The Kier molecular flexibility index (Phi) is 5.08. The zero-order valence-electron chi connectivity index (χ0n) is 13.7. The molecule has 1 heterocycles. The van der Waals surface area contributed by atoms with Crippen LogP contribution in [0.3, 0.4) is 0 Å². The van der Waals surface area contributed by atoms with Gasteiger partial charge in [0.1, 0.15) is 17.4 Å². The molecule has 0 aliphatic heterocycles. The molecule has 1 aliphatic rings. The third-order valence-corrected chi connectivity index (χ3v) is 4.13. The smallest absolute Gasteiger partial charge is 0.296 e. The standard InChI is InChI=1S/C17H18F2N2O5/c18-15(19)14-13(17(24)21-11(6-22)16(20)23)10-5-9(3-4-12(10)26-14)25-7-8-1-2-8/h3-5,8,11,15,22H,1-2,6-7H2,(H2,20,23)(H,21,24)/t11-/m0/s1. The van der Waals surface area contributed by atoms with Crippen LogP contribution in [0.5, 0.6) is 5.75 Å². The Hall–Kier alpha value is -2.68. The minimum Gasteiger partial charge on any atom is -0.493 e. The highest BCUT2D eigenvalue weighted by Gasteiger charge is 2.29. The SMILES string of the molecule is NC(=O)[C@H](CO)NC(=O)c1c(C(F)F)oc2ccc(OCC3CC3)cc12. The summed E-state index contributed by atoms with van der Waals surface area (Å²) in [5, 5.41) is 11.4. The molecule has 0 saturated heterocycles. The lowest BCUT2D eigenvalue weighted by molar-refractivity contribution is -0.120. The van der Waals surface area contributed by atoms with E-state index in [0.29, 0.717) is 18.3 Å². The van der Waals surface area contributed by atoms with Gasteiger partial charge in [-0.25, -0.2) is 8.78 Å². The number of nitrogens with two attached hydrogens (primary N) is 1. The fourth-order valence-corrected chi connectivity index (χ4v) is 2.51. The number of aliphatic hydroxyl groups is 1. The summed E-state index contributed by atoms with van der Waals surface area (Å²) >= 11 is 0. The van der Waals surface area contributed by atoms with Crippen LogP contribution >= 0.6 is 0 Å². The molecule has 26 heavy (non-hydrogen) atoms. The van der Waals surface area contributed by atoms with Gasteiger partial charge in [0, 0.05) is 5.39 Å². The molecule has 4 N–H and O–H groups in total. The average Bonchev–Trinajstić information content (AvgIpc) is 3.35. The summed E-state index contributed by atoms with van der Waals surface area (Å²) in [5.41, 5.74) is 4.73. The van der Waals surface area contributed by atoms with Gasteiger partial charge in [0.15, 0.2) is 5.76 Å². The summed E-state index contributed by atoms with van der Waals surface area (Å²) in [5.74, 6) is -1.88. The van der Waals surface area contributed by atoms with Crippen LogP contribution in [0.1, 0.15) is 35.4 Å². The lowest BCUT2D eigenvalue weighted by Crippen LogP contribution is -2.46. The number of rotatable bonds is 8. The number of hydrogen-bond donors (Lipinski definition) is 3. The molecular formula is C17H18F2N2O5. The minimum atomic E-state index is -3.04. The van der Waals surface area contributed by atoms with Gasteiger partial charge in [0.25, 0.3) is 12.3 Å². The van der Waals surface area contributed by atoms with E-state index in [1.807, 2.05) is 0 Å². The first-order chi connectivity index (χ1) is 12.4. The van der Waals surface area contributed by atoms with Crippen LogP contribution in [0.25, 0.3) is 11.0 Å². The molecule has 2 amide bonds. The van der Waals surface area contributed by atoms with Crippen molar-refractivity contribution in [2.45, 2.75) is 25.3 Å². The van der Waals surface area contributed by atoms with E-state index in [4.69, 9.17) is 20.0 Å². The van der Waals surface area contributed by atoms with Crippen molar-refractivity contribution in [1.29, 1.82) is 0 Å². The van der Waals surface area contributed by atoms with Crippen LogP contribution in [0.4, 0.5) is 8.78 Å². The molecule has 9 heteroatoms. The van der Waals surface area contributed by atoms with Gasteiger partial charge in [-0.1, -0.05) is 0 Å². The molecule has 1 saturated carbocycles. The molecular weight excluding hydrogens is 350 g/mol. The van der Waals surface area contributed by atoms with E-state index in [-0.39, 0.29) is 11.0 Å². The second-order valence-electron chi connectivity index (χ2n) is 6.17. The number of alkyl halides is 2. The lowest BCUT2D eigenvalue weighted by Gasteiger charge is -2.12. The Morgan fingerprint density at radius 2 is 2.12 bits per heavy atom. The van der Waals surface area contributed by atoms with Gasteiger partial charge in [-0.2, -0.15) is 0 Å². The summed E-state index contributed by atoms with van der Waals surface area (Å²) < 4.78 is 37.4. The quantitative estimate of drug-likeness (QED) is 0.656. The fraction of sp³-hybridized carbons (Fsp3) is 0.412. The number of aliphatic hydroxyl groups excluding tert-OH is 1. The maximum atomic E-state index is 13.3.